The number of sulfonamides is 1. The number of aryl methyl sites for hydroxylation is 1. The lowest BCUT2D eigenvalue weighted by molar-refractivity contribution is 0.0686. The third-order valence-corrected chi connectivity index (χ3v) is 4.22. The third-order valence-electron chi connectivity index (χ3n) is 2.83. The van der Waals surface area contributed by atoms with Crippen LogP contribution in [0.2, 0.25) is 0 Å². The molecule has 0 bridgehead atoms. The van der Waals surface area contributed by atoms with Crippen LogP contribution in [0.5, 0.6) is 0 Å². The van der Waals surface area contributed by atoms with E-state index >= 15 is 0 Å². The zero-order valence-corrected chi connectivity index (χ0v) is 11.5. The van der Waals surface area contributed by atoms with Crippen molar-refractivity contribution >= 4 is 16.0 Å². The van der Waals surface area contributed by atoms with Gasteiger partial charge in [0.25, 0.3) is 0 Å². The highest BCUT2D eigenvalue weighted by molar-refractivity contribution is 7.89. The van der Waals surface area contributed by atoms with Crippen LogP contribution >= 0.6 is 0 Å². The van der Waals surface area contributed by atoms with E-state index < -0.39 is 16.0 Å². The van der Waals surface area contributed by atoms with E-state index in [9.17, 15) is 13.2 Å². The largest absolute Gasteiger partial charge is 0.477 e. The van der Waals surface area contributed by atoms with Crippen molar-refractivity contribution in [2.75, 3.05) is 6.54 Å². The second-order valence-corrected chi connectivity index (χ2v) is 6.11. The molecule has 1 heterocycles. The van der Waals surface area contributed by atoms with E-state index in [-0.39, 0.29) is 16.5 Å². The fourth-order valence-electron chi connectivity index (χ4n) is 1.37. The topological polar surface area (TPSA) is 88.4 Å². The van der Waals surface area contributed by atoms with Crippen molar-refractivity contribution in [1.82, 2.24) is 9.29 Å². The Balaban J connectivity index is 2.92. The summed E-state index contributed by atoms with van der Waals surface area (Å²) >= 11 is 0. The number of nitrogens with one attached hydrogen (secondary N) is 1. The van der Waals surface area contributed by atoms with Crippen LogP contribution in [-0.2, 0) is 17.1 Å². The number of aromatic carboxylic acids is 1. The highest BCUT2D eigenvalue weighted by atomic mass is 32.2. The number of nitrogens with zero attached hydrogens (tertiary/aromatic N) is 1. The molecule has 1 rings (SSSR count). The normalized spacial score (nSPS) is 13.5. The Morgan fingerprint density at radius 1 is 1.56 bits per heavy atom. The molecule has 1 aromatic heterocycles. The summed E-state index contributed by atoms with van der Waals surface area (Å²) in [5.41, 5.74) is -0.0566. The van der Waals surface area contributed by atoms with E-state index in [1.54, 1.807) is 0 Å². The molecule has 0 saturated carbocycles. The van der Waals surface area contributed by atoms with E-state index in [0.29, 0.717) is 6.54 Å². The summed E-state index contributed by atoms with van der Waals surface area (Å²) in [5, 5.41) is 8.86. The first kappa shape index (κ1) is 14.7. The predicted octanol–water partition coefficient (Wildman–Crippen LogP) is 1.05. The van der Waals surface area contributed by atoms with E-state index in [4.69, 9.17) is 5.11 Å². The van der Waals surface area contributed by atoms with E-state index in [1.165, 1.54) is 17.8 Å². The molecule has 0 saturated heterocycles. The van der Waals surface area contributed by atoms with Gasteiger partial charge in [-0.25, -0.2) is 17.9 Å². The molecule has 6 nitrogen and oxygen atoms in total. The van der Waals surface area contributed by atoms with Crippen LogP contribution < -0.4 is 4.72 Å². The van der Waals surface area contributed by atoms with E-state index in [2.05, 4.69) is 4.72 Å². The van der Waals surface area contributed by atoms with Crippen molar-refractivity contribution in [3.8, 4) is 0 Å². The quantitative estimate of drug-likeness (QED) is 0.811. The minimum Gasteiger partial charge on any atom is -0.477 e. The summed E-state index contributed by atoms with van der Waals surface area (Å²) in [6.07, 6.45) is 2.17. The maximum Gasteiger partial charge on any atom is 0.352 e. The van der Waals surface area contributed by atoms with Crippen LogP contribution in [-0.4, -0.2) is 30.6 Å². The number of aromatic nitrogens is 1. The van der Waals surface area contributed by atoms with Gasteiger partial charge in [0.2, 0.25) is 10.0 Å². The Labute approximate surface area is 107 Å². The van der Waals surface area contributed by atoms with Crippen LogP contribution in [0.15, 0.2) is 17.2 Å². The van der Waals surface area contributed by atoms with Gasteiger partial charge < -0.3 is 9.67 Å². The molecule has 0 spiro atoms. The molecule has 7 heteroatoms. The number of carbonyl (C=O) groups is 1. The monoisotopic (exact) mass is 274 g/mol. The van der Waals surface area contributed by atoms with Crippen molar-refractivity contribution < 1.29 is 18.3 Å². The van der Waals surface area contributed by atoms with Gasteiger partial charge in [-0.2, -0.15) is 0 Å². The molecule has 0 aliphatic carbocycles. The highest BCUT2D eigenvalue weighted by Crippen LogP contribution is 2.13. The van der Waals surface area contributed by atoms with Crippen LogP contribution in [0.3, 0.4) is 0 Å². The van der Waals surface area contributed by atoms with Crippen molar-refractivity contribution in [2.24, 2.45) is 13.0 Å². The van der Waals surface area contributed by atoms with E-state index in [0.717, 1.165) is 12.5 Å². The highest BCUT2D eigenvalue weighted by Gasteiger charge is 2.20. The SMILES string of the molecule is CCC(C)CNS(=O)(=O)c1cc(C(=O)O)n(C)c1. The van der Waals surface area contributed by atoms with Crippen molar-refractivity contribution in [3.63, 3.8) is 0 Å². The minimum absolute atomic E-state index is 0.0225. The molecule has 1 aromatic rings. The zero-order chi connectivity index (χ0) is 13.9. The van der Waals surface area contributed by atoms with Gasteiger partial charge in [0.05, 0.1) is 0 Å². The number of carboxylic acid groups (broad SMARTS) is 1. The Morgan fingerprint density at radius 3 is 2.61 bits per heavy atom. The summed E-state index contributed by atoms with van der Waals surface area (Å²) < 4.78 is 27.6. The van der Waals surface area contributed by atoms with Crippen molar-refractivity contribution in [3.05, 3.63) is 18.0 Å². The molecule has 2 N–H and O–H groups in total. The number of rotatable bonds is 6. The predicted molar refractivity (Wildman–Crippen MR) is 67.0 cm³/mol. The lowest BCUT2D eigenvalue weighted by atomic mass is 10.1. The molecular formula is C11H18N2O4S. The zero-order valence-electron chi connectivity index (χ0n) is 10.7. The Bertz CT molecular complexity index is 533. The summed E-state index contributed by atoms with van der Waals surface area (Å²) in [4.78, 5) is 10.8. The van der Waals surface area contributed by atoms with E-state index in [1.807, 2.05) is 13.8 Å². The minimum atomic E-state index is -3.63. The van der Waals surface area contributed by atoms with Gasteiger partial charge in [-0.15, -0.1) is 0 Å². The standard InChI is InChI=1S/C11H18N2O4S/c1-4-8(2)6-12-18(16,17)9-5-10(11(14)15)13(3)7-9/h5,7-8,12H,4,6H2,1-3H3,(H,14,15). The van der Waals surface area contributed by atoms with Gasteiger partial charge in [0.15, 0.2) is 0 Å². The molecule has 0 amide bonds. The fraction of sp³-hybridized carbons (Fsp3) is 0.545. The van der Waals surface area contributed by atoms with Gasteiger partial charge >= 0.3 is 5.97 Å². The van der Waals surface area contributed by atoms with Gasteiger partial charge in [-0.3, -0.25) is 0 Å². The average molecular weight is 274 g/mol. The third kappa shape index (κ3) is 3.33. The molecule has 1 atom stereocenters. The Hall–Kier alpha value is -1.34. The first-order valence-electron chi connectivity index (χ1n) is 5.67. The summed E-state index contributed by atoms with van der Waals surface area (Å²) in [5.74, 6) is -0.914. The average Bonchev–Trinajstić information content (AvgIpc) is 2.69. The first-order chi connectivity index (χ1) is 8.27. The first-order valence-corrected chi connectivity index (χ1v) is 7.15. The molecule has 1 unspecified atom stereocenters. The molecule has 0 fully saturated rings. The molecule has 102 valence electrons. The molecule has 0 aliphatic heterocycles. The lowest BCUT2D eigenvalue weighted by Gasteiger charge is -2.09. The summed E-state index contributed by atoms with van der Waals surface area (Å²) in [6, 6.07) is 1.15. The Morgan fingerprint density at radius 2 is 2.17 bits per heavy atom. The number of hydrogen-bond acceptors (Lipinski definition) is 3. The van der Waals surface area contributed by atoms with Gasteiger partial charge in [0, 0.05) is 19.8 Å². The van der Waals surface area contributed by atoms with Crippen molar-refractivity contribution in [2.45, 2.75) is 25.2 Å². The molecule has 18 heavy (non-hydrogen) atoms. The van der Waals surface area contributed by atoms with Gasteiger partial charge in [0.1, 0.15) is 10.6 Å². The number of hydrogen-bond donors (Lipinski definition) is 2. The van der Waals surface area contributed by atoms with Crippen LogP contribution in [0.4, 0.5) is 0 Å². The van der Waals surface area contributed by atoms with Crippen LogP contribution in [0, 0.1) is 5.92 Å². The van der Waals surface area contributed by atoms with Crippen LogP contribution in [0.1, 0.15) is 30.8 Å². The van der Waals surface area contributed by atoms with Gasteiger partial charge in [-0.05, 0) is 12.0 Å². The molecular weight excluding hydrogens is 256 g/mol. The molecule has 0 aliphatic rings. The smallest absolute Gasteiger partial charge is 0.352 e. The van der Waals surface area contributed by atoms with Gasteiger partial charge in [-0.1, -0.05) is 20.3 Å². The van der Waals surface area contributed by atoms with Crippen molar-refractivity contribution in [1.29, 1.82) is 0 Å². The second kappa shape index (κ2) is 5.53. The second-order valence-electron chi connectivity index (χ2n) is 4.34. The van der Waals surface area contributed by atoms with Crippen LogP contribution in [0.25, 0.3) is 0 Å². The number of carboxylic acids is 1. The summed E-state index contributed by atoms with van der Waals surface area (Å²) in [6.45, 7) is 4.26. The fourth-order valence-corrected chi connectivity index (χ4v) is 2.61. The molecule has 0 aromatic carbocycles. The Kier molecular flexibility index (Phi) is 4.53. The summed E-state index contributed by atoms with van der Waals surface area (Å²) in [7, 11) is -2.14. The maximum atomic E-state index is 11.9. The lowest BCUT2D eigenvalue weighted by Crippen LogP contribution is -2.28. The molecule has 0 radical (unpaired) electrons. The maximum absolute atomic E-state index is 11.9.